The average molecular weight is 227 g/mol. The molecule has 0 radical (unpaired) electrons. The molecule has 1 amide bonds. The largest absolute Gasteiger partial charge is 0.337 e. The molecule has 1 heterocycles. The molecular weight excluding hydrogens is 202 g/mol. The summed E-state index contributed by atoms with van der Waals surface area (Å²) >= 11 is 0. The summed E-state index contributed by atoms with van der Waals surface area (Å²) in [5.74, 6) is 0.769. The predicted molar refractivity (Wildman–Crippen MR) is 66.4 cm³/mol. The Balaban J connectivity index is 2.69. The second-order valence-electron chi connectivity index (χ2n) is 5.24. The summed E-state index contributed by atoms with van der Waals surface area (Å²) < 4.78 is 0. The summed E-state index contributed by atoms with van der Waals surface area (Å²) in [4.78, 5) is 16.3. The fourth-order valence-electron chi connectivity index (χ4n) is 2.34. The van der Waals surface area contributed by atoms with Gasteiger partial charge in [-0.3, -0.25) is 4.79 Å². The molecule has 0 saturated carbocycles. The molecule has 0 aromatic heterocycles. The van der Waals surface area contributed by atoms with Crippen molar-refractivity contribution in [3.8, 4) is 0 Å². The molecule has 0 aromatic carbocycles. The van der Waals surface area contributed by atoms with E-state index in [9.17, 15) is 4.79 Å². The first-order valence-electron chi connectivity index (χ1n) is 6.09. The first-order valence-corrected chi connectivity index (χ1v) is 6.09. The molecule has 2 atom stereocenters. The monoisotopic (exact) mass is 227 g/mol. The van der Waals surface area contributed by atoms with Crippen molar-refractivity contribution in [3.63, 3.8) is 0 Å². The minimum atomic E-state index is 0.0309. The van der Waals surface area contributed by atoms with Gasteiger partial charge in [-0.15, -0.1) is 0 Å². The molecule has 1 saturated heterocycles. The van der Waals surface area contributed by atoms with Crippen LogP contribution in [0, 0.1) is 5.92 Å². The highest BCUT2D eigenvalue weighted by molar-refractivity contribution is 5.84. The van der Waals surface area contributed by atoms with Crippen LogP contribution in [0.3, 0.4) is 0 Å². The first kappa shape index (κ1) is 13.5. The fraction of sp³-hybridized carbons (Fsp3) is 0.917. The number of amides is 1. The lowest BCUT2D eigenvalue weighted by molar-refractivity contribution is -0.132. The minimum absolute atomic E-state index is 0.0309. The van der Waals surface area contributed by atoms with Crippen molar-refractivity contribution in [2.75, 3.05) is 34.2 Å². The Morgan fingerprint density at radius 2 is 2.12 bits per heavy atom. The molecular formula is C12H25N3O. The van der Waals surface area contributed by atoms with Gasteiger partial charge in [-0.25, -0.2) is 0 Å². The number of rotatable bonds is 5. The molecule has 1 aliphatic heterocycles. The topological polar surface area (TPSA) is 35.6 Å². The van der Waals surface area contributed by atoms with Gasteiger partial charge in [0.05, 0.1) is 6.04 Å². The Hall–Kier alpha value is -0.610. The number of nitrogens with one attached hydrogen (secondary N) is 1. The van der Waals surface area contributed by atoms with Gasteiger partial charge in [0.2, 0.25) is 5.91 Å². The number of likely N-dealkylation sites (tertiary alicyclic amines) is 1. The molecule has 0 aromatic rings. The van der Waals surface area contributed by atoms with E-state index in [4.69, 9.17) is 0 Å². The lowest BCUT2D eigenvalue weighted by atomic mass is 10.0. The van der Waals surface area contributed by atoms with Gasteiger partial charge in [0.1, 0.15) is 0 Å². The number of nitrogens with zero attached hydrogens (tertiary/aromatic N) is 2. The zero-order valence-corrected chi connectivity index (χ0v) is 11.2. The van der Waals surface area contributed by atoms with Gasteiger partial charge in [0, 0.05) is 19.1 Å². The van der Waals surface area contributed by atoms with Gasteiger partial charge in [-0.05, 0) is 33.5 Å². The third kappa shape index (κ3) is 2.95. The van der Waals surface area contributed by atoms with E-state index in [0.717, 1.165) is 19.5 Å². The van der Waals surface area contributed by atoms with Gasteiger partial charge in [0.15, 0.2) is 0 Å². The van der Waals surface area contributed by atoms with Gasteiger partial charge in [-0.1, -0.05) is 13.8 Å². The third-order valence-corrected chi connectivity index (χ3v) is 3.31. The molecule has 0 bridgehead atoms. The van der Waals surface area contributed by atoms with Crippen LogP contribution in [0.1, 0.15) is 20.3 Å². The molecule has 0 spiro atoms. The van der Waals surface area contributed by atoms with Gasteiger partial charge in [0.25, 0.3) is 0 Å². The summed E-state index contributed by atoms with van der Waals surface area (Å²) in [6.07, 6.45) is 0.936. The second kappa shape index (κ2) is 5.64. The first-order chi connectivity index (χ1) is 7.47. The highest BCUT2D eigenvalue weighted by Gasteiger charge is 2.36. The number of hydrogen-bond donors (Lipinski definition) is 1. The maximum atomic E-state index is 12.1. The van der Waals surface area contributed by atoms with E-state index in [1.54, 1.807) is 0 Å². The summed E-state index contributed by atoms with van der Waals surface area (Å²) in [5, 5.41) is 3.09. The average Bonchev–Trinajstić information content (AvgIpc) is 2.55. The van der Waals surface area contributed by atoms with Crippen molar-refractivity contribution >= 4 is 5.91 Å². The van der Waals surface area contributed by atoms with Crippen LogP contribution in [0.4, 0.5) is 0 Å². The molecule has 94 valence electrons. The summed E-state index contributed by atoms with van der Waals surface area (Å²) in [7, 11) is 5.99. The standard InChI is InChI=1S/C12H25N3O/c1-9(2)11(8-14(4)5)15-7-6-10(13-3)12(15)16/h9-11,13H,6-8H2,1-5H3. The van der Waals surface area contributed by atoms with Crippen molar-refractivity contribution in [1.29, 1.82) is 0 Å². The van der Waals surface area contributed by atoms with Gasteiger partial charge in [-0.2, -0.15) is 0 Å². The van der Waals surface area contributed by atoms with Crippen molar-refractivity contribution in [3.05, 3.63) is 0 Å². The summed E-state index contributed by atoms with van der Waals surface area (Å²) in [6.45, 7) is 6.21. The lowest BCUT2D eigenvalue weighted by Gasteiger charge is -2.33. The van der Waals surface area contributed by atoms with Crippen LogP contribution in [0.15, 0.2) is 0 Å². The van der Waals surface area contributed by atoms with Crippen molar-refractivity contribution in [1.82, 2.24) is 15.1 Å². The van der Waals surface area contributed by atoms with Crippen LogP contribution in [0.5, 0.6) is 0 Å². The Labute approximate surface area is 99.0 Å². The fourth-order valence-corrected chi connectivity index (χ4v) is 2.34. The van der Waals surface area contributed by atoms with Crippen LogP contribution in [-0.2, 0) is 4.79 Å². The van der Waals surface area contributed by atoms with Crippen molar-refractivity contribution < 1.29 is 4.79 Å². The van der Waals surface area contributed by atoms with Crippen LogP contribution in [-0.4, -0.2) is 62.0 Å². The van der Waals surface area contributed by atoms with Crippen molar-refractivity contribution in [2.45, 2.75) is 32.4 Å². The molecule has 1 fully saturated rings. The molecule has 1 rings (SSSR count). The van der Waals surface area contributed by atoms with Gasteiger partial charge >= 0.3 is 0 Å². The Morgan fingerprint density at radius 3 is 2.50 bits per heavy atom. The quantitative estimate of drug-likeness (QED) is 0.738. The van der Waals surface area contributed by atoms with Crippen LogP contribution in [0.2, 0.25) is 0 Å². The zero-order chi connectivity index (χ0) is 12.3. The predicted octanol–water partition coefficient (Wildman–Crippen LogP) is 0.393. The van der Waals surface area contributed by atoms with Crippen LogP contribution < -0.4 is 5.32 Å². The van der Waals surface area contributed by atoms with Crippen LogP contribution >= 0.6 is 0 Å². The second-order valence-corrected chi connectivity index (χ2v) is 5.24. The maximum absolute atomic E-state index is 12.1. The molecule has 4 heteroatoms. The SMILES string of the molecule is CNC1CCN(C(CN(C)C)C(C)C)C1=O. The Kier molecular flexibility index (Phi) is 4.74. The Morgan fingerprint density at radius 1 is 1.50 bits per heavy atom. The highest BCUT2D eigenvalue weighted by Crippen LogP contribution is 2.19. The Bertz CT molecular complexity index is 240. The van der Waals surface area contributed by atoms with E-state index in [1.807, 2.05) is 11.9 Å². The number of likely N-dealkylation sites (N-methyl/N-ethyl adjacent to an activating group) is 2. The van der Waals surface area contributed by atoms with E-state index in [0.29, 0.717) is 12.0 Å². The third-order valence-electron chi connectivity index (χ3n) is 3.31. The molecule has 0 aliphatic carbocycles. The normalized spacial score (nSPS) is 23.6. The van der Waals surface area contributed by atoms with Gasteiger partial charge < -0.3 is 15.1 Å². The molecule has 4 nitrogen and oxygen atoms in total. The van der Waals surface area contributed by atoms with Crippen LogP contribution in [0.25, 0.3) is 0 Å². The molecule has 1 aliphatic rings. The summed E-state index contributed by atoms with van der Waals surface area (Å²) in [5.41, 5.74) is 0. The van der Waals surface area contributed by atoms with E-state index < -0.39 is 0 Å². The maximum Gasteiger partial charge on any atom is 0.240 e. The highest BCUT2D eigenvalue weighted by atomic mass is 16.2. The van der Waals surface area contributed by atoms with Crippen molar-refractivity contribution in [2.24, 2.45) is 5.92 Å². The number of carbonyl (C=O) groups excluding carboxylic acids is 1. The number of hydrogen-bond acceptors (Lipinski definition) is 3. The minimum Gasteiger partial charge on any atom is -0.337 e. The summed E-state index contributed by atoms with van der Waals surface area (Å²) in [6, 6.07) is 0.365. The zero-order valence-electron chi connectivity index (χ0n) is 11.2. The molecule has 2 unspecified atom stereocenters. The molecule has 1 N–H and O–H groups in total. The number of carbonyl (C=O) groups is 1. The molecule has 16 heavy (non-hydrogen) atoms. The smallest absolute Gasteiger partial charge is 0.240 e. The van der Waals surface area contributed by atoms with E-state index >= 15 is 0 Å². The van der Waals surface area contributed by atoms with E-state index in [-0.39, 0.29) is 11.9 Å². The van der Waals surface area contributed by atoms with E-state index in [1.165, 1.54) is 0 Å². The van der Waals surface area contributed by atoms with E-state index in [2.05, 4.69) is 38.2 Å². The lowest BCUT2D eigenvalue weighted by Crippen LogP contribution is -2.48.